The Morgan fingerprint density at radius 3 is 2.48 bits per heavy atom. The highest BCUT2D eigenvalue weighted by molar-refractivity contribution is 5.94. The maximum atomic E-state index is 13.5. The number of alkyl halides is 3. The Balaban J connectivity index is 0.00000370. The first-order valence-electron chi connectivity index (χ1n) is 13.5. The van der Waals surface area contributed by atoms with Crippen LogP contribution in [0.4, 0.5) is 13.2 Å². The van der Waals surface area contributed by atoms with Gasteiger partial charge < -0.3 is 11.1 Å². The number of halogens is 4. The SMILES string of the molecule is Cl.NC(=O)C1[C@@H](C(F)(F)F)CCCN1Cc1cnn2cc(CC3CCC(NC(=O)c4ccccc4)CC3)nc2c1. The molecule has 2 fully saturated rings. The van der Waals surface area contributed by atoms with Gasteiger partial charge in [-0.05, 0) is 81.2 Å². The minimum Gasteiger partial charge on any atom is -0.368 e. The molecule has 40 heavy (non-hydrogen) atoms. The van der Waals surface area contributed by atoms with E-state index in [1.165, 1.54) is 4.90 Å². The van der Waals surface area contributed by atoms with Gasteiger partial charge in [0.05, 0.1) is 24.0 Å². The number of nitrogens with zero attached hydrogens (tertiary/aromatic N) is 4. The van der Waals surface area contributed by atoms with Crippen molar-refractivity contribution >= 4 is 29.9 Å². The standard InChI is InChI=1S/C28H33F3N6O2.ClH/c29-28(30,31)23-7-4-12-36(25(23)26(32)38)16-19-14-24-34-22(17-37(24)33-15-19)13-18-8-10-21(11-9-18)35-27(39)20-5-2-1-3-6-20;/h1-3,5-6,14-15,17-18,21,23,25H,4,7-13,16H2,(H2,32,38)(H,35,39);1H/t18?,21?,23-,25?;/m0./s1. The number of rotatable bonds is 7. The van der Waals surface area contributed by atoms with Gasteiger partial charge in [-0.15, -0.1) is 12.4 Å². The molecular formula is C28H34ClF3N6O2. The molecule has 12 heteroatoms. The quantitative estimate of drug-likeness (QED) is 0.435. The van der Waals surface area contributed by atoms with Gasteiger partial charge in [-0.3, -0.25) is 14.5 Å². The molecular weight excluding hydrogens is 545 g/mol. The Morgan fingerprint density at radius 1 is 1.07 bits per heavy atom. The predicted molar refractivity (Wildman–Crippen MR) is 146 cm³/mol. The van der Waals surface area contributed by atoms with E-state index in [0.29, 0.717) is 35.7 Å². The molecule has 3 N–H and O–H groups in total. The van der Waals surface area contributed by atoms with E-state index >= 15 is 0 Å². The molecule has 1 saturated carbocycles. The molecule has 0 radical (unpaired) electrons. The highest BCUT2D eigenvalue weighted by atomic mass is 35.5. The van der Waals surface area contributed by atoms with E-state index in [-0.39, 0.29) is 37.3 Å². The lowest BCUT2D eigenvalue weighted by molar-refractivity contribution is -0.202. The average molecular weight is 579 g/mol. The summed E-state index contributed by atoms with van der Waals surface area (Å²) in [6.07, 6.45) is 3.83. The second-order valence-electron chi connectivity index (χ2n) is 10.8. The van der Waals surface area contributed by atoms with Crippen LogP contribution >= 0.6 is 12.4 Å². The van der Waals surface area contributed by atoms with Crippen molar-refractivity contribution in [1.82, 2.24) is 24.8 Å². The van der Waals surface area contributed by atoms with E-state index < -0.39 is 24.0 Å². The molecule has 2 amide bonds. The Hall–Kier alpha value is -3.18. The van der Waals surface area contributed by atoms with Gasteiger partial charge in [0.15, 0.2) is 5.65 Å². The largest absolute Gasteiger partial charge is 0.393 e. The van der Waals surface area contributed by atoms with Crippen LogP contribution in [0.15, 0.2) is 48.8 Å². The van der Waals surface area contributed by atoms with Crippen LogP contribution in [0.1, 0.15) is 60.1 Å². The topological polar surface area (TPSA) is 106 Å². The van der Waals surface area contributed by atoms with Gasteiger partial charge in [-0.25, -0.2) is 9.50 Å². The molecule has 1 unspecified atom stereocenters. The van der Waals surface area contributed by atoms with E-state index in [0.717, 1.165) is 37.8 Å². The number of hydrogen-bond donors (Lipinski definition) is 2. The first kappa shape index (κ1) is 29.8. The van der Waals surface area contributed by atoms with E-state index in [9.17, 15) is 22.8 Å². The van der Waals surface area contributed by atoms with Gasteiger partial charge in [0.25, 0.3) is 5.91 Å². The number of hydrogen-bond acceptors (Lipinski definition) is 5. The second-order valence-corrected chi connectivity index (χ2v) is 10.8. The van der Waals surface area contributed by atoms with Gasteiger partial charge >= 0.3 is 6.18 Å². The minimum atomic E-state index is -4.48. The summed E-state index contributed by atoms with van der Waals surface area (Å²) >= 11 is 0. The maximum Gasteiger partial charge on any atom is 0.393 e. The van der Waals surface area contributed by atoms with Crippen molar-refractivity contribution in [3.05, 3.63) is 65.6 Å². The summed E-state index contributed by atoms with van der Waals surface area (Å²) < 4.78 is 42.3. The number of piperidine rings is 1. The van der Waals surface area contributed by atoms with Gasteiger partial charge in [0.2, 0.25) is 5.91 Å². The van der Waals surface area contributed by atoms with Crippen molar-refractivity contribution < 1.29 is 22.8 Å². The molecule has 0 spiro atoms. The monoisotopic (exact) mass is 578 g/mol. The number of carbonyl (C=O) groups excluding carboxylic acids is 2. The molecule has 5 rings (SSSR count). The second kappa shape index (κ2) is 12.6. The van der Waals surface area contributed by atoms with Crippen molar-refractivity contribution in [3.63, 3.8) is 0 Å². The van der Waals surface area contributed by atoms with Crippen LogP contribution in [0.3, 0.4) is 0 Å². The average Bonchev–Trinajstić information content (AvgIpc) is 3.31. The van der Waals surface area contributed by atoms with Crippen LogP contribution in [0.25, 0.3) is 5.65 Å². The fourth-order valence-electron chi connectivity index (χ4n) is 6.01. The van der Waals surface area contributed by atoms with Crippen molar-refractivity contribution in [2.24, 2.45) is 17.6 Å². The zero-order chi connectivity index (χ0) is 27.6. The van der Waals surface area contributed by atoms with Crippen molar-refractivity contribution in [3.8, 4) is 0 Å². The van der Waals surface area contributed by atoms with Crippen molar-refractivity contribution in [2.45, 2.75) is 69.8 Å². The molecule has 2 aliphatic rings. The summed E-state index contributed by atoms with van der Waals surface area (Å²) in [4.78, 5) is 30.7. The summed E-state index contributed by atoms with van der Waals surface area (Å²) in [5.74, 6) is -2.31. The van der Waals surface area contributed by atoms with Crippen molar-refractivity contribution in [1.29, 1.82) is 0 Å². The molecule has 3 heterocycles. The number of nitrogens with one attached hydrogen (secondary N) is 1. The lowest BCUT2D eigenvalue weighted by atomic mass is 9.83. The fourth-order valence-corrected chi connectivity index (χ4v) is 6.01. The fraction of sp³-hybridized carbons (Fsp3) is 0.500. The molecule has 1 aliphatic carbocycles. The number of benzene rings is 1. The van der Waals surface area contributed by atoms with Crippen molar-refractivity contribution in [2.75, 3.05) is 6.54 Å². The van der Waals surface area contributed by atoms with E-state index in [1.807, 2.05) is 42.6 Å². The van der Waals surface area contributed by atoms with Gasteiger partial charge in [0.1, 0.15) is 6.04 Å². The number of likely N-dealkylation sites (tertiary alicyclic amines) is 1. The van der Waals surface area contributed by atoms with E-state index in [1.54, 1.807) is 10.7 Å². The van der Waals surface area contributed by atoms with Crippen LogP contribution in [-0.2, 0) is 17.8 Å². The molecule has 2 aromatic heterocycles. The molecule has 216 valence electrons. The van der Waals surface area contributed by atoms with Crippen LogP contribution < -0.4 is 11.1 Å². The molecule has 2 atom stereocenters. The summed E-state index contributed by atoms with van der Waals surface area (Å²) in [6, 6.07) is 9.80. The molecule has 1 saturated heterocycles. The number of primary amides is 1. The number of carbonyl (C=O) groups is 2. The Labute approximate surface area is 236 Å². The number of imidazole rings is 1. The van der Waals surface area contributed by atoms with Gasteiger partial charge in [-0.1, -0.05) is 18.2 Å². The van der Waals surface area contributed by atoms with E-state index in [2.05, 4.69) is 10.4 Å². The third-order valence-corrected chi connectivity index (χ3v) is 7.97. The van der Waals surface area contributed by atoms with Crippen LogP contribution in [0.5, 0.6) is 0 Å². The first-order valence-corrected chi connectivity index (χ1v) is 13.5. The smallest absolute Gasteiger partial charge is 0.368 e. The predicted octanol–water partition coefficient (Wildman–Crippen LogP) is 4.31. The summed E-state index contributed by atoms with van der Waals surface area (Å²) in [7, 11) is 0. The van der Waals surface area contributed by atoms with Crippen LogP contribution in [0.2, 0.25) is 0 Å². The lowest BCUT2D eigenvalue weighted by Gasteiger charge is -2.40. The lowest BCUT2D eigenvalue weighted by Crippen LogP contribution is -2.56. The zero-order valence-electron chi connectivity index (χ0n) is 22.0. The molecule has 1 aromatic carbocycles. The molecule has 0 bridgehead atoms. The Kier molecular flexibility index (Phi) is 9.35. The molecule has 1 aliphatic heterocycles. The molecule has 8 nitrogen and oxygen atoms in total. The Bertz CT molecular complexity index is 1310. The number of fused-ring (bicyclic) bond motifs is 1. The highest BCUT2D eigenvalue weighted by Gasteiger charge is 2.50. The summed E-state index contributed by atoms with van der Waals surface area (Å²) in [5, 5.41) is 7.55. The number of nitrogens with two attached hydrogens (primary N) is 1. The van der Waals surface area contributed by atoms with Gasteiger partial charge in [0, 0.05) is 18.2 Å². The minimum absolute atomic E-state index is 0. The third kappa shape index (κ3) is 6.93. The number of amides is 2. The maximum absolute atomic E-state index is 13.5. The first-order chi connectivity index (χ1) is 18.7. The third-order valence-electron chi connectivity index (χ3n) is 7.97. The summed E-state index contributed by atoms with van der Waals surface area (Å²) in [6.45, 7) is 0.504. The number of aromatic nitrogens is 3. The Morgan fingerprint density at radius 2 is 1.80 bits per heavy atom. The van der Waals surface area contributed by atoms with E-state index in [4.69, 9.17) is 10.7 Å². The van der Waals surface area contributed by atoms with Gasteiger partial charge in [-0.2, -0.15) is 18.3 Å². The summed E-state index contributed by atoms with van der Waals surface area (Å²) in [5.41, 5.74) is 8.28. The van der Waals surface area contributed by atoms with Crippen LogP contribution in [0, 0.1) is 11.8 Å². The molecule has 3 aromatic rings. The normalized spacial score (nSPS) is 23.9. The zero-order valence-corrected chi connectivity index (χ0v) is 22.8. The van der Waals surface area contributed by atoms with Crippen LogP contribution in [-0.4, -0.2) is 56.1 Å². The highest BCUT2D eigenvalue weighted by Crippen LogP contribution is 2.38.